The van der Waals surface area contributed by atoms with Crippen LogP contribution in [0.1, 0.15) is 17.5 Å². The van der Waals surface area contributed by atoms with Crippen molar-refractivity contribution >= 4 is 18.5 Å². The highest BCUT2D eigenvalue weighted by molar-refractivity contribution is 5.68. The van der Waals surface area contributed by atoms with Crippen molar-refractivity contribution in [2.45, 2.75) is 13.0 Å². The van der Waals surface area contributed by atoms with Crippen LogP contribution >= 0.6 is 0 Å². The van der Waals surface area contributed by atoms with Gasteiger partial charge in [0, 0.05) is 13.0 Å². The fraction of sp³-hybridized carbons (Fsp3) is 0.412. The van der Waals surface area contributed by atoms with Gasteiger partial charge in [0.05, 0.1) is 6.72 Å². The Morgan fingerprint density at radius 1 is 1.15 bits per heavy atom. The van der Waals surface area contributed by atoms with Gasteiger partial charge < -0.3 is 9.80 Å². The van der Waals surface area contributed by atoms with Gasteiger partial charge in [-0.15, -0.1) is 6.08 Å². The molecule has 1 aliphatic rings. The Morgan fingerprint density at radius 3 is 2.55 bits per heavy atom. The highest BCUT2D eigenvalue weighted by atomic mass is 15.1. The fourth-order valence-electron chi connectivity index (χ4n) is 2.52. The molecule has 0 atom stereocenters. The number of hydrogen-bond donors (Lipinski definition) is 0. The van der Waals surface area contributed by atoms with E-state index in [1.165, 1.54) is 22.9 Å². The number of fused-ring (bicyclic) bond motifs is 1. The van der Waals surface area contributed by atoms with E-state index in [4.69, 9.17) is 0 Å². The third-order valence-corrected chi connectivity index (χ3v) is 3.52. The normalized spacial score (nSPS) is 14.3. The lowest BCUT2D eigenvalue weighted by molar-refractivity contribution is -0.411. The SMILES string of the molecule is C=[N+]1c2c(cccc2CN(C)C)C=C[C-]1CCN(C)C. The smallest absolute Gasteiger partial charge is 0.134 e. The van der Waals surface area contributed by atoms with Crippen LogP contribution in [0.25, 0.3) is 6.08 Å². The summed E-state index contributed by atoms with van der Waals surface area (Å²) in [6.07, 6.45) is 5.42. The number of rotatable bonds is 5. The average Bonchev–Trinajstić information content (AvgIpc) is 2.37. The Labute approximate surface area is 122 Å². The van der Waals surface area contributed by atoms with Crippen LogP contribution in [0, 0.1) is 6.04 Å². The quantitative estimate of drug-likeness (QED) is 0.601. The minimum absolute atomic E-state index is 0.935. The number of nitrogens with zero attached hydrogens (tertiary/aromatic N) is 3. The summed E-state index contributed by atoms with van der Waals surface area (Å²) in [5.41, 5.74) is 3.83. The Morgan fingerprint density at radius 2 is 1.90 bits per heavy atom. The lowest BCUT2D eigenvalue weighted by Crippen LogP contribution is -2.22. The predicted molar refractivity (Wildman–Crippen MR) is 86.3 cm³/mol. The summed E-state index contributed by atoms with van der Waals surface area (Å²) in [7, 11) is 8.40. The molecule has 0 saturated heterocycles. The second-order valence-electron chi connectivity index (χ2n) is 5.90. The zero-order chi connectivity index (χ0) is 14.7. The molecule has 1 aliphatic heterocycles. The molecule has 1 heterocycles. The number of benzene rings is 1. The molecule has 0 radical (unpaired) electrons. The molecule has 0 N–H and O–H groups in total. The molecule has 1 aromatic carbocycles. The Bertz CT molecular complexity index is 515. The van der Waals surface area contributed by atoms with Gasteiger partial charge in [-0.1, -0.05) is 24.3 Å². The highest BCUT2D eigenvalue weighted by Crippen LogP contribution is 2.34. The zero-order valence-electron chi connectivity index (χ0n) is 13.1. The van der Waals surface area contributed by atoms with Crippen molar-refractivity contribution in [1.82, 2.24) is 9.80 Å². The van der Waals surface area contributed by atoms with Crippen molar-refractivity contribution in [3.63, 3.8) is 0 Å². The van der Waals surface area contributed by atoms with Crippen LogP contribution in [0.5, 0.6) is 0 Å². The summed E-state index contributed by atoms with van der Waals surface area (Å²) in [6.45, 7) is 6.25. The fourth-order valence-corrected chi connectivity index (χ4v) is 2.52. The van der Waals surface area contributed by atoms with Gasteiger partial charge in [-0.05, 0) is 45.9 Å². The summed E-state index contributed by atoms with van der Waals surface area (Å²) >= 11 is 0. The molecule has 0 bridgehead atoms. The second kappa shape index (κ2) is 6.25. The van der Waals surface area contributed by atoms with Crippen LogP contribution in [0.2, 0.25) is 0 Å². The molecular weight excluding hydrogens is 246 g/mol. The third kappa shape index (κ3) is 3.30. The van der Waals surface area contributed by atoms with E-state index in [1.807, 2.05) is 0 Å². The summed E-state index contributed by atoms with van der Waals surface area (Å²) < 4.78 is 2.11. The van der Waals surface area contributed by atoms with Gasteiger partial charge >= 0.3 is 0 Å². The third-order valence-electron chi connectivity index (χ3n) is 3.52. The molecule has 108 valence electrons. The van der Waals surface area contributed by atoms with E-state index in [0.717, 1.165) is 19.5 Å². The van der Waals surface area contributed by atoms with E-state index < -0.39 is 0 Å². The molecule has 3 nitrogen and oxygen atoms in total. The first-order valence-electron chi connectivity index (χ1n) is 7.05. The maximum absolute atomic E-state index is 4.27. The number of hydrogen-bond acceptors (Lipinski definition) is 2. The molecule has 20 heavy (non-hydrogen) atoms. The largest absolute Gasteiger partial charge is 0.310 e. The lowest BCUT2D eigenvalue weighted by Gasteiger charge is -2.27. The van der Waals surface area contributed by atoms with E-state index >= 15 is 0 Å². The maximum atomic E-state index is 4.27. The monoisotopic (exact) mass is 271 g/mol. The molecule has 2 rings (SSSR count). The second-order valence-corrected chi connectivity index (χ2v) is 5.90. The zero-order valence-corrected chi connectivity index (χ0v) is 13.1. The minimum atomic E-state index is 0.935. The molecule has 0 aromatic heterocycles. The minimum Gasteiger partial charge on any atom is -0.310 e. The molecular formula is C17H25N3. The first-order valence-corrected chi connectivity index (χ1v) is 7.05. The molecule has 0 spiro atoms. The van der Waals surface area contributed by atoms with E-state index in [1.54, 1.807) is 0 Å². The Balaban J connectivity index is 2.27. The summed E-state index contributed by atoms with van der Waals surface area (Å²) in [5, 5.41) is 0. The summed E-state index contributed by atoms with van der Waals surface area (Å²) in [5.74, 6) is 0. The van der Waals surface area contributed by atoms with E-state index in [9.17, 15) is 0 Å². The summed E-state index contributed by atoms with van der Waals surface area (Å²) in [6, 6.07) is 7.75. The highest BCUT2D eigenvalue weighted by Gasteiger charge is 2.21. The van der Waals surface area contributed by atoms with Gasteiger partial charge in [-0.2, -0.15) is 0 Å². The maximum Gasteiger partial charge on any atom is 0.134 e. The van der Waals surface area contributed by atoms with Crippen LogP contribution in [0.3, 0.4) is 0 Å². The van der Waals surface area contributed by atoms with Gasteiger partial charge in [-0.3, -0.25) is 4.58 Å². The van der Waals surface area contributed by atoms with Gasteiger partial charge in [0.2, 0.25) is 0 Å². The molecule has 0 saturated carbocycles. The molecule has 0 amide bonds. The summed E-state index contributed by atoms with van der Waals surface area (Å²) in [4.78, 5) is 4.40. The van der Waals surface area contributed by atoms with Crippen molar-refractivity contribution in [1.29, 1.82) is 0 Å². The standard InChI is InChI=1S/C17H25N3/c1-18(2)12-11-16-10-9-14-7-6-8-15(13-19(3)4)17(14)20(16)5/h6-10H,5,11-13H2,1-4H3. The van der Waals surface area contributed by atoms with Gasteiger partial charge in [-0.25, -0.2) is 0 Å². The van der Waals surface area contributed by atoms with Crippen molar-refractivity contribution in [2.24, 2.45) is 0 Å². The lowest BCUT2D eigenvalue weighted by atomic mass is 9.98. The topological polar surface area (TPSA) is 9.49 Å². The van der Waals surface area contributed by atoms with Crippen LogP contribution < -0.4 is 0 Å². The Hall–Kier alpha value is -1.58. The Kier molecular flexibility index (Phi) is 4.63. The molecule has 0 aliphatic carbocycles. The van der Waals surface area contributed by atoms with Gasteiger partial charge in [0.25, 0.3) is 0 Å². The molecule has 0 fully saturated rings. The molecule has 3 heteroatoms. The van der Waals surface area contributed by atoms with Crippen molar-refractivity contribution < 1.29 is 4.58 Å². The van der Waals surface area contributed by atoms with Crippen LogP contribution in [0.4, 0.5) is 5.69 Å². The van der Waals surface area contributed by atoms with E-state index in [-0.39, 0.29) is 0 Å². The first kappa shape index (κ1) is 14.8. The molecule has 1 aromatic rings. The van der Waals surface area contributed by atoms with Crippen molar-refractivity contribution in [3.8, 4) is 0 Å². The van der Waals surface area contributed by atoms with Crippen LogP contribution in [-0.4, -0.2) is 55.8 Å². The predicted octanol–water partition coefficient (Wildman–Crippen LogP) is 2.60. The van der Waals surface area contributed by atoms with Gasteiger partial charge in [0.1, 0.15) is 11.7 Å². The number of para-hydroxylation sites is 1. The van der Waals surface area contributed by atoms with Crippen molar-refractivity contribution in [2.75, 3.05) is 34.7 Å². The average molecular weight is 271 g/mol. The van der Waals surface area contributed by atoms with Gasteiger partial charge in [0.15, 0.2) is 0 Å². The van der Waals surface area contributed by atoms with Crippen LogP contribution in [0.15, 0.2) is 24.3 Å². The first-order chi connectivity index (χ1) is 9.49. The van der Waals surface area contributed by atoms with E-state index in [0.29, 0.717) is 0 Å². The van der Waals surface area contributed by atoms with Crippen LogP contribution in [-0.2, 0) is 6.54 Å². The van der Waals surface area contributed by atoms with Crippen molar-refractivity contribution in [3.05, 3.63) is 41.4 Å². The molecule has 0 unspecified atom stereocenters. The van der Waals surface area contributed by atoms with E-state index in [2.05, 4.69) is 79.6 Å².